The lowest BCUT2D eigenvalue weighted by Crippen LogP contribution is -2.37. The number of non-ortho nitro benzene ring substituents is 1. The SMILES string of the molecule is CC(=O)N1CCC(CCn2cnc(=N)c3[nH]c(Sc4nc5ccc([N+](=O)[O-])cc5s4)nc32)CC1. The third-order valence-corrected chi connectivity index (χ3v) is 8.05. The topological polar surface area (TPSA) is 147 Å². The van der Waals surface area contributed by atoms with Crippen LogP contribution in [-0.4, -0.2) is 53.3 Å². The zero-order valence-electron chi connectivity index (χ0n) is 18.4. The van der Waals surface area contributed by atoms with Crippen molar-refractivity contribution in [1.29, 1.82) is 5.41 Å². The molecule has 4 heterocycles. The van der Waals surface area contributed by atoms with E-state index in [0.717, 1.165) is 43.6 Å². The Hall–Kier alpha value is -3.32. The fourth-order valence-electron chi connectivity index (χ4n) is 4.16. The summed E-state index contributed by atoms with van der Waals surface area (Å²) in [6.45, 7) is 3.96. The van der Waals surface area contributed by atoms with Crippen LogP contribution in [0, 0.1) is 21.4 Å². The van der Waals surface area contributed by atoms with Gasteiger partial charge in [0.25, 0.3) is 5.69 Å². The molecule has 3 aromatic heterocycles. The number of aromatic amines is 1. The molecule has 1 aromatic carbocycles. The fourth-order valence-corrected chi connectivity index (χ4v) is 6.16. The number of nitrogens with zero attached hydrogens (tertiary/aromatic N) is 6. The normalized spacial score (nSPS) is 14.8. The maximum atomic E-state index is 11.5. The lowest BCUT2D eigenvalue weighted by molar-refractivity contribution is -0.384. The third kappa shape index (κ3) is 4.53. The molecule has 0 aliphatic carbocycles. The maximum absolute atomic E-state index is 11.5. The van der Waals surface area contributed by atoms with Crippen molar-refractivity contribution in [3.05, 3.63) is 40.1 Å². The van der Waals surface area contributed by atoms with Crippen LogP contribution in [0.5, 0.6) is 0 Å². The Morgan fingerprint density at radius 2 is 2.15 bits per heavy atom. The van der Waals surface area contributed by atoms with E-state index in [2.05, 4.69) is 15.0 Å². The van der Waals surface area contributed by atoms with Crippen LogP contribution in [0.25, 0.3) is 21.4 Å². The zero-order valence-corrected chi connectivity index (χ0v) is 20.0. The van der Waals surface area contributed by atoms with Crippen molar-refractivity contribution in [3.8, 4) is 0 Å². The quantitative estimate of drug-likeness (QED) is 0.305. The molecule has 0 spiro atoms. The van der Waals surface area contributed by atoms with Gasteiger partial charge >= 0.3 is 0 Å². The van der Waals surface area contributed by atoms with Crippen molar-refractivity contribution in [1.82, 2.24) is 29.4 Å². The minimum atomic E-state index is -0.417. The molecule has 0 saturated carbocycles. The van der Waals surface area contributed by atoms with Crippen LogP contribution < -0.4 is 5.49 Å². The second kappa shape index (κ2) is 9.14. The second-order valence-electron chi connectivity index (χ2n) is 8.26. The molecule has 4 aromatic rings. The monoisotopic (exact) mass is 498 g/mol. The van der Waals surface area contributed by atoms with E-state index in [1.54, 1.807) is 19.3 Å². The number of thiazole rings is 1. The second-order valence-corrected chi connectivity index (χ2v) is 10.5. The standard InChI is InChI=1S/C21H22N8O3S2/c1-12(30)27-7-4-13(5-8-27)6-9-28-11-23-18(22)17-19(28)26-20(25-17)34-21-24-15-3-2-14(29(31)32)10-16(15)33-21/h2-3,10-11,13,22H,4-9H2,1H3,(H,25,26). The molecule has 176 valence electrons. The largest absolute Gasteiger partial charge is 0.343 e. The van der Waals surface area contributed by atoms with Crippen LogP contribution in [-0.2, 0) is 11.3 Å². The highest BCUT2D eigenvalue weighted by Crippen LogP contribution is 2.35. The molecule has 1 fully saturated rings. The molecule has 11 nitrogen and oxygen atoms in total. The molecule has 1 saturated heterocycles. The first-order chi connectivity index (χ1) is 16.4. The van der Waals surface area contributed by atoms with Gasteiger partial charge in [0.15, 0.2) is 20.6 Å². The predicted molar refractivity (Wildman–Crippen MR) is 128 cm³/mol. The van der Waals surface area contributed by atoms with E-state index < -0.39 is 4.92 Å². The molecule has 0 radical (unpaired) electrons. The summed E-state index contributed by atoms with van der Waals surface area (Å²) in [6.07, 6.45) is 4.59. The molecule has 13 heteroatoms. The summed E-state index contributed by atoms with van der Waals surface area (Å²) in [5, 5.41) is 19.8. The number of amides is 1. The van der Waals surface area contributed by atoms with E-state index in [1.165, 1.54) is 35.2 Å². The van der Waals surface area contributed by atoms with E-state index in [0.29, 0.717) is 32.1 Å². The molecule has 1 aliphatic heterocycles. The Kier molecular flexibility index (Phi) is 6.04. The molecule has 0 atom stereocenters. The number of H-pyrrole nitrogens is 1. The molecule has 0 bridgehead atoms. The first kappa shape index (κ1) is 22.5. The van der Waals surface area contributed by atoms with Crippen LogP contribution in [0.2, 0.25) is 0 Å². The van der Waals surface area contributed by atoms with Crippen LogP contribution >= 0.6 is 23.1 Å². The molecule has 1 aliphatic rings. The van der Waals surface area contributed by atoms with Gasteiger partial charge in [-0.05, 0) is 43.0 Å². The number of hydrogen-bond donors (Lipinski definition) is 2. The average Bonchev–Trinajstić information content (AvgIpc) is 3.42. The number of nitro groups is 1. The number of fused-ring (bicyclic) bond motifs is 2. The average molecular weight is 499 g/mol. The van der Waals surface area contributed by atoms with Crippen molar-refractivity contribution < 1.29 is 9.72 Å². The number of piperidine rings is 1. The smallest absolute Gasteiger partial charge is 0.270 e. The number of hydrogen-bond acceptors (Lipinski definition) is 9. The van der Waals surface area contributed by atoms with E-state index in [9.17, 15) is 14.9 Å². The maximum Gasteiger partial charge on any atom is 0.270 e. The lowest BCUT2D eigenvalue weighted by Gasteiger charge is -2.31. The number of nitrogens with one attached hydrogen (secondary N) is 2. The highest BCUT2D eigenvalue weighted by Gasteiger charge is 2.21. The Morgan fingerprint density at radius 1 is 1.35 bits per heavy atom. The summed E-state index contributed by atoms with van der Waals surface area (Å²) >= 11 is 2.69. The number of carbonyl (C=O) groups excluding carboxylic acids is 1. The highest BCUT2D eigenvalue weighted by molar-refractivity contribution is 8.01. The minimum absolute atomic E-state index is 0.0365. The number of carbonyl (C=O) groups is 1. The van der Waals surface area contributed by atoms with Crippen LogP contribution in [0.15, 0.2) is 34.0 Å². The van der Waals surface area contributed by atoms with Crippen molar-refractivity contribution in [3.63, 3.8) is 0 Å². The number of nitro benzene ring substituents is 1. The summed E-state index contributed by atoms with van der Waals surface area (Å²) in [4.78, 5) is 40.7. The van der Waals surface area contributed by atoms with E-state index >= 15 is 0 Å². The van der Waals surface area contributed by atoms with Crippen molar-refractivity contribution in [2.45, 2.75) is 42.2 Å². The van der Waals surface area contributed by atoms with E-state index in [4.69, 9.17) is 10.4 Å². The summed E-state index contributed by atoms with van der Waals surface area (Å²) < 4.78 is 3.41. The van der Waals surface area contributed by atoms with Crippen LogP contribution in [0.4, 0.5) is 5.69 Å². The van der Waals surface area contributed by atoms with Gasteiger partial charge in [0.1, 0.15) is 5.52 Å². The van der Waals surface area contributed by atoms with Crippen molar-refractivity contribution in [2.75, 3.05) is 13.1 Å². The highest BCUT2D eigenvalue weighted by atomic mass is 32.2. The van der Waals surface area contributed by atoms with Gasteiger partial charge in [-0.15, -0.1) is 11.3 Å². The summed E-state index contributed by atoms with van der Waals surface area (Å²) in [6, 6.07) is 4.62. The van der Waals surface area contributed by atoms with E-state index in [-0.39, 0.29) is 17.1 Å². The Labute approximate surface area is 201 Å². The van der Waals surface area contributed by atoms with Gasteiger partial charge in [-0.25, -0.2) is 15.0 Å². The Balaban J connectivity index is 1.33. The van der Waals surface area contributed by atoms with Gasteiger partial charge in [0, 0.05) is 38.7 Å². The summed E-state index contributed by atoms with van der Waals surface area (Å²) in [7, 11) is 0. The minimum Gasteiger partial charge on any atom is -0.343 e. The number of imidazole rings is 1. The van der Waals surface area contributed by atoms with Crippen molar-refractivity contribution in [2.24, 2.45) is 5.92 Å². The summed E-state index contributed by atoms with van der Waals surface area (Å²) in [5.41, 5.74) is 2.09. The number of rotatable bonds is 6. The number of likely N-dealkylation sites (tertiary alicyclic amines) is 1. The molecule has 2 N–H and O–H groups in total. The van der Waals surface area contributed by atoms with E-state index in [1.807, 2.05) is 9.47 Å². The fraction of sp³-hybridized carbons (Fsp3) is 0.381. The predicted octanol–water partition coefficient (Wildman–Crippen LogP) is 3.56. The van der Waals surface area contributed by atoms with Gasteiger partial charge in [-0.3, -0.25) is 20.3 Å². The molecular formula is C21H22N8O3S2. The number of aryl methyl sites for hydroxylation is 1. The molecule has 1 amide bonds. The molecule has 34 heavy (non-hydrogen) atoms. The van der Waals surface area contributed by atoms with Crippen LogP contribution in [0.3, 0.4) is 0 Å². The third-order valence-electron chi connectivity index (χ3n) is 6.08. The lowest BCUT2D eigenvalue weighted by atomic mass is 9.93. The number of benzene rings is 1. The first-order valence-corrected chi connectivity index (χ1v) is 12.5. The van der Waals surface area contributed by atoms with Gasteiger partial charge in [-0.1, -0.05) is 0 Å². The van der Waals surface area contributed by atoms with Gasteiger partial charge in [-0.2, -0.15) is 0 Å². The Bertz CT molecular complexity index is 1450. The van der Waals surface area contributed by atoms with Gasteiger partial charge in [0.2, 0.25) is 5.91 Å². The molecule has 0 unspecified atom stereocenters. The molecule has 5 rings (SSSR count). The van der Waals surface area contributed by atoms with Gasteiger partial charge in [0.05, 0.1) is 21.5 Å². The zero-order chi connectivity index (χ0) is 23.8. The van der Waals surface area contributed by atoms with Crippen molar-refractivity contribution >= 4 is 56.1 Å². The molecular weight excluding hydrogens is 476 g/mol. The Morgan fingerprint density at radius 3 is 2.88 bits per heavy atom. The van der Waals surface area contributed by atoms with Crippen LogP contribution in [0.1, 0.15) is 26.2 Å². The first-order valence-electron chi connectivity index (χ1n) is 10.9. The summed E-state index contributed by atoms with van der Waals surface area (Å²) in [5.74, 6) is 0.672. The number of aromatic nitrogens is 5. The van der Waals surface area contributed by atoms with Gasteiger partial charge < -0.3 is 14.5 Å².